The molecule has 0 N–H and O–H groups in total. The molecule has 0 aromatic heterocycles. The topological polar surface area (TPSA) is 36.0 Å². The molecule has 1 unspecified atom stereocenters. The van der Waals surface area contributed by atoms with Crippen molar-refractivity contribution >= 4 is 11.6 Å². The Kier molecular flexibility index (Phi) is 5.93. The van der Waals surface area contributed by atoms with E-state index in [2.05, 4.69) is 65.4 Å². The molecule has 5 nitrogen and oxygen atoms in total. The molecule has 5 heteroatoms. The van der Waals surface area contributed by atoms with Crippen LogP contribution in [0.5, 0.6) is 0 Å². The number of carbonyl (C=O) groups excluding carboxylic acids is 1. The first-order valence-corrected chi connectivity index (χ1v) is 10.2. The Balaban J connectivity index is 1.37. The van der Waals surface area contributed by atoms with Gasteiger partial charge in [-0.3, -0.25) is 9.69 Å². The molecule has 2 aromatic rings. The highest BCUT2D eigenvalue weighted by atomic mass is 16.5. The van der Waals surface area contributed by atoms with Crippen LogP contribution in [0.1, 0.15) is 17.2 Å². The third-order valence-corrected chi connectivity index (χ3v) is 5.85. The average Bonchev–Trinajstić information content (AvgIpc) is 2.76. The molecule has 0 bridgehead atoms. The van der Waals surface area contributed by atoms with E-state index in [-0.39, 0.29) is 11.9 Å². The number of rotatable bonds is 4. The van der Waals surface area contributed by atoms with Crippen LogP contribution in [0.25, 0.3) is 0 Å². The van der Waals surface area contributed by atoms with Crippen LogP contribution in [0.2, 0.25) is 0 Å². The first-order chi connectivity index (χ1) is 13.7. The van der Waals surface area contributed by atoms with Gasteiger partial charge in [-0.2, -0.15) is 0 Å². The molecule has 0 saturated carbocycles. The van der Waals surface area contributed by atoms with Crippen molar-refractivity contribution in [2.45, 2.75) is 12.5 Å². The average molecular weight is 380 g/mol. The van der Waals surface area contributed by atoms with Gasteiger partial charge in [-0.05, 0) is 30.3 Å². The van der Waals surface area contributed by atoms with Gasteiger partial charge in [-0.15, -0.1) is 0 Å². The smallest absolute Gasteiger partial charge is 0.227 e. The monoisotopic (exact) mass is 379 g/mol. The lowest BCUT2D eigenvalue weighted by Gasteiger charge is -2.39. The first-order valence-electron chi connectivity index (χ1n) is 10.2. The number of ether oxygens (including phenoxy) is 1. The Labute approximate surface area is 167 Å². The van der Waals surface area contributed by atoms with E-state index in [1.165, 1.54) is 11.3 Å². The number of anilines is 1. The number of amides is 1. The Morgan fingerprint density at radius 1 is 0.964 bits per heavy atom. The predicted molar refractivity (Wildman–Crippen MR) is 112 cm³/mol. The van der Waals surface area contributed by atoms with Gasteiger partial charge in [-0.25, -0.2) is 0 Å². The number of morpholine rings is 1. The quantitative estimate of drug-likeness (QED) is 0.818. The van der Waals surface area contributed by atoms with Gasteiger partial charge in [0, 0.05) is 38.4 Å². The predicted octanol–water partition coefficient (Wildman–Crippen LogP) is 2.58. The minimum atomic E-state index is 0.216. The Bertz CT molecular complexity index is 772. The number of hydrogen-bond acceptors (Lipinski definition) is 4. The summed E-state index contributed by atoms with van der Waals surface area (Å²) in [5, 5.41) is 0. The summed E-state index contributed by atoms with van der Waals surface area (Å²) < 4.78 is 5.42. The van der Waals surface area contributed by atoms with Gasteiger partial charge in [0.1, 0.15) is 0 Å². The van der Waals surface area contributed by atoms with E-state index in [1.54, 1.807) is 0 Å². The number of hydrogen-bond donors (Lipinski definition) is 0. The van der Waals surface area contributed by atoms with Crippen LogP contribution < -0.4 is 4.90 Å². The van der Waals surface area contributed by atoms with E-state index in [0.717, 1.165) is 51.5 Å². The van der Waals surface area contributed by atoms with Crippen LogP contribution in [-0.4, -0.2) is 68.7 Å². The van der Waals surface area contributed by atoms with Crippen molar-refractivity contribution < 1.29 is 9.53 Å². The van der Waals surface area contributed by atoms with Crippen molar-refractivity contribution in [1.82, 2.24) is 9.80 Å². The van der Waals surface area contributed by atoms with Gasteiger partial charge >= 0.3 is 0 Å². The number of likely N-dealkylation sites (N-methyl/N-ethyl adjacent to an activating group) is 1. The fourth-order valence-corrected chi connectivity index (χ4v) is 4.07. The molecule has 2 fully saturated rings. The van der Waals surface area contributed by atoms with Gasteiger partial charge in [0.05, 0.1) is 25.7 Å². The molecule has 2 aliphatic rings. The molecule has 2 saturated heterocycles. The van der Waals surface area contributed by atoms with Gasteiger partial charge in [0.2, 0.25) is 5.91 Å². The fourth-order valence-electron chi connectivity index (χ4n) is 4.07. The third kappa shape index (κ3) is 4.37. The zero-order valence-electron chi connectivity index (χ0n) is 16.6. The number of benzene rings is 2. The van der Waals surface area contributed by atoms with Crippen molar-refractivity contribution in [2.75, 3.05) is 57.9 Å². The summed E-state index contributed by atoms with van der Waals surface area (Å²) in [6, 6.07) is 19.2. The summed E-state index contributed by atoms with van der Waals surface area (Å²) in [5.74, 6) is 0.216. The van der Waals surface area contributed by atoms with E-state index in [9.17, 15) is 4.79 Å². The van der Waals surface area contributed by atoms with Crippen molar-refractivity contribution in [3.05, 3.63) is 65.7 Å². The molecule has 28 heavy (non-hydrogen) atoms. The second-order valence-corrected chi connectivity index (χ2v) is 7.69. The minimum Gasteiger partial charge on any atom is -0.378 e. The first kappa shape index (κ1) is 19.0. The van der Waals surface area contributed by atoms with Crippen LogP contribution >= 0.6 is 0 Å². The molecule has 2 aromatic carbocycles. The number of nitrogens with zero attached hydrogens (tertiary/aromatic N) is 3. The minimum absolute atomic E-state index is 0.216. The van der Waals surface area contributed by atoms with Crippen LogP contribution in [0.15, 0.2) is 54.6 Å². The molecule has 1 atom stereocenters. The molecule has 2 heterocycles. The second kappa shape index (κ2) is 8.76. The van der Waals surface area contributed by atoms with Gasteiger partial charge in [0.25, 0.3) is 0 Å². The van der Waals surface area contributed by atoms with Crippen molar-refractivity contribution in [2.24, 2.45) is 0 Å². The highest BCUT2D eigenvalue weighted by molar-refractivity contribution is 5.79. The molecular weight excluding hydrogens is 350 g/mol. The summed E-state index contributed by atoms with van der Waals surface area (Å²) in [5.41, 5.74) is 3.57. The lowest BCUT2D eigenvalue weighted by molar-refractivity contribution is -0.133. The molecule has 0 spiro atoms. The second-order valence-electron chi connectivity index (χ2n) is 7.69. The highest BCUT2D eigenvalue weighted by Crippen LogP contribution is 2.24. The zero-order chi connectivity index (χ0) is 19.3. The van der Waals surface area contributed by atoms with Gasteiger partial charge < -0.3 is 14.5 Å². The number of piperazine rings is 1. The van der Waals surface area contributed by atoms with E-state index in [1.807, 2.05) is 11.0 Å². The summed E-state index contributed by atoms with van der Waals surface area (Å²) in [6.45, 7) is 5.89. The molecule has 2 aliphatic heterocycles. The standard InChI is InChI=1S/C23H29N3O2/c1-24-11-12-26(18-22(24)20-5-3-2-4-6-20)23(27)17-19-7-9-21(10-8-19)25-13-15-28-16-14-25/h2-10,22H,11-18H2,1H3. The maximum absolute atomic E-state index is 12.9. The van der Waals surface area contributed by atoms with E-state index in [0.29, 0.717) is 6.42 Å². The largest absolute Gasteiger partial charge is 0.378 e. The fraction of sp³-hybridized carbons (Fsp3) is 0.435. The third-order valence-electron chi connectivity index (χ3n) is 5.85. The molecule has 4 rings (SSSR count). The maximum atomic E-state index is 12.9. The SMILES string of the molecule is CN1CCN(C(=O)Cc2ccc(N3CCOCC3)cc2)CC1c1ccccc1. The maximum Gasteiger partial charge on any atom is 0.227 e. The van der Waals surface area contributed by atoms with Crippen LogP contribution in [-0.2, 0) is 16.0 Å². The summed E-state index contributed by atoms with van der Waals surface area (Å²) >= 11 is 0. The summed E-state index contributed by atoms with van der Waals surface area (Å²) in [6.07, 6.45) is 0.467. The van der Waals surface area contributed by atoms with Crippen molar-refractivity contribution in [3.63, 3.8) is 0 Å². The van der Waals surface area contributed by atoms with Crippen LogP contribution in [0.3, 0.4) is 0 Å². The molecule has 0 aliphatic carbocycles. The van der Waals surface area contributed by atoms with Gasteiger partial charge in [0.15, 0.2) is 0 Å². The zero-order valence-corrected chi connectivity index (χ0v) is 16.6. The molecular formula is C23H29N3O2. The Morgan fingerprint density at radius 2 is 1.68 bits per heavy atom. The molecule has 148 valence electrons. The van der Waals surface area contributed by atoms with E-state index in [4.69, 9.17) is 4.74 Å². The van der Waals surface area contributed by atoms with E-state index >= 15 is 0 Å². The Morgan fingerprint density at radius 3 is 2.39 bits per heavy atom. The molecule has 0 radical (unpaired) electrons. The van der Waals surface area contributed by atoms with Crippen molar-refractivity contribution in [3.8, 4) is 0 Å². The van der Waals surface area contributed by atoms with E-state index < -0.39 is 0 Å². The summed E-state index contributed by atoms with van der Waals surface area (Å²) in [7, 11) is 2.14. The van der Waals surface area contributed by atoms with Crippen LogP contribution in [0, 0.1) is 0 Å². The molecule has 1 amide bonds. The normalized spacial score (nSPS) is 21.0. The van der Waals surface area contributed by atoms with Gasteiger partial charge in [-0.1, -0.05) is 42.5 Å². The van der Waals surface area contributed by atoms with Crippen molar-refractivity contribution in [1.29, 1.82) is 0 Å². The summed E-state index contributed by atoms with van der Waals surface area (Å²) in [4.78, 5) is 19.6. The Hall–Kier alpha value is -2.37. The number of carbonyl (C=O) groups is 1. The van der Waals surface area contributed by atoms with Crippen LogP contribution in [0.4, 0.5) is 5.69 Å². The highest BCUT2D eigenvalue weighted by Gasteiger charge is 2.28. The lowest BCUT2D eigenvalue weighted by Crippen LogP contribution is -2.49. The lowest BCUT2D eigenvalue weighted by atomic mass is 10.0.